The molecule has 0 saturated carbocycles. The van der Waals surface area contributed by atoms with Gasteiger partial charge in [0.15, 0.2) is 0 Å². The maximum atomic E-state index is 11.7. The first-order valence-electron chi connectivity index (χ1n) is 5.88. The lowest BCUT2D eigenvalue weighted by atomic mass is 10.4. The van der Waals surface area contributed by atoms with Crippen LogP contribution in [-0.2, 0) is 11.3 Å². The van der Waals surface area contributed by atoms with Crippen LogP contribution in [0.25, 0.3) is 0 Å². The summed E-state index contributed by atoms with van der Waals surface area (Å²) in [4.78, 5) is 11.7. The normalized spacial score (nSPS) is 10.3. The van der Waals surface area contributed by atoms with Crippen molar-refractivity contribution >= 4 is 17.3 Å². The van der Waals surface area contributed by atoms with E-state index in [1.54, 1.807) is 12.3 Å². The summed E-state index contributed by atoms with van der Waals surface area (Å²) < 4.78 is 6.64. The van der Waals surface area contributed by atoms with Crippen molar-refractivity contribution in [3.8, 4) is 0 Å². The fourth-order valence-corrected chi connectivity index (χ4v) is 1.55. The van der Waals surface area contributed by atoms with E-state index in [4.69, 9.17) is 16.3 Å². The first kappa shape index (κ1) is 14.7. The molecule has 0 fully saturated rings. The number of nitrogens with one attached hydrogen (secondary N) is 1. The van der Waals surface area contributed by atoms with E-state index in [2.05, 4.69) is 17.0 Å². The molecule has 0 aliphatic rings. The Kier molecular flexibility index (Phi) is 6.46. The van der Waals surface area contributed by atoms with E-state index in [0.29, 0.717) is 32.0 Å². The molecule has 0 saturated heterocycles. The molecule has 0 spiro atoms. The first-order valence-corrected chi connectivity index (χ1v) is 6.26. The van der Waals surface area contributed by atoms with Gasteiger partial charge in [-0.2, -0.15) is 5.10 Å². The van der Waals surface area contributed by atoms with Crippen molar-refractivity contribution in [1.82, 2.24) is 9.78 Å². The van der Waals surface area contributed by atoms with Crippen LogP contribution in [-0.4, -0.2) is 29.5 Å². The number of halogens is 1. The van der Waals surface area contributed by atoms with Gasteiger partial charge in [-0.05, 0) is 13.3 Å². The molecule has 18 heavy (non-hydrogen) atoms. The highest BCUT2D eigenvalue weighted by Gasteiger charge is 2.07. The molecule has 0 aromatic carbocycles. The summed E-state index contributed by atoms with van der Waals surface area (Å²) in [5.41, 5.74) is 0.260. The quantitative estimate of drug-likeness (QED) is 0.580. The second-order valence-corrected chi connectivity index (χ2v) is 3.99. The van der Waals surface area contributed by atoms with Crippen LogP contribution in [0.5, 0.6) is 0 Å². The summed E-state index contributed by atoms with van der Waals surface area (Å²) in [5, 5.41) is 7.18. The lowest BCUT2D eigenvalue weighted by molar-refractivity contribution is 0.149. The highest BCUT2D eigenvalue weighted by atomic mass is 35.5. The van der Waals surface area contributed by atoms with Gasteiger partial charge in [-0.1, -0.05) is 17.7 Å². The van der Waals surface area contributed by atoms with E-state index in [1.165, 1.54) is 4.68 Å². The molecule has 1 N–H and O–H groups in total. The predicted molar refractivity (Wildman–Crippen MR) is 73.3 cm³/mol. The van der Waals surface area contributed by atoms with Crippen LogP contribution in [0.3, 0.4) is 0 Å². The molecule has 1 heterocycles. The largest absolute Gasteiger partial charge is 0.380 e. The molecular weight excluding hydrogens is 254 g/mol. The number of anilines is 1. The topological polar surface area (TPSA) is 56.1 Å². The molecule has 6 heteroatoms. The van der Waals surface area contributed by atoms with Crippen molar-refractivity contribution in [3.05, 3.63) is 34.2 Å². The molecule has 0 bridgehead atoms. The molecule has 0 radical (unpaired) electrons. The summed E-state index contributed by atoms with van der Waals surface area (Å²) in [7, 11) is 0. The van der Waals surface area contributed by atoms with Crippen LogP contribution in [0, 0.1) is 0 Å². The van der Waals surface area contributed by atoms with Gasteiger partial charge in [-0.15, -0.1) is 6.58 Å². The summed E-state index contributed by atoms with van der Waals surface area (Å²) in [6.07, 6.45) is 4.18. The fraction of sp³-hybridized carbons (Fsp3) is 0.500. The summed E-state index contributed by atoms with van der Waals surface area (Å²) >= 11 is 5.95. The van der Waals surface area contributed by atoms with Crippen LogP contribution in [0.4, 0.5) is 5.69 Å². The number of aromatic nitrogens is 2. The van der Waals surface area contributed by atoms with Gasteiger partial charge < -0.3 is 10.1 Å². The average molecular weight is 272 g/mol. The van der Waals surface area contributed by atoms with Crippen molar-refractivity contribution in [3.63, 3.8) is 0 Å². The molecule has 1 aromatic heterocycles. The van der Waals surface area contributed by atoms with Crippen molar-refractivity contribution in [1.29, 1.82) is 0 Å². The Morgan fingerprint density at radius 3 is 3.06 bits per heavy atom. The van der Waals surface area contributed by atoms with Crippen LogP contribution in [0.15, 0.2) is 23.6 Å². The lowest BCUT2D eigenvalue weighted by Crippen LogP contribution is -2.24. The van der Waals surface area contributed by atoms with Crippen LogP contribution in [0.1, 0.15) is 13.3 Å². The van der Waals surface area contributed by atoms with Crippen molar-refractivity contribution in [2.24, 2.45) is 0 Å². The molecule has 0 amide bonds. The fourth-order valence-electron chi connectivity index (χ4n) is 1.34. The van der Waals surface area contributed by atoms with E-state index < -0.39 is 0 Å². The Labute approximate surface area is 111 Å². The molecule has 0 unspecified atom stereocenters. The minimum atomic E-state index is -0.281. The van der Waals surface area contributed by atoms with Crippen LogP contribution >= 0.6 is 11.6 Å². The smallest absolute Gasteiger partial charge is 0.287 e. The third-order valence-corrected chi connectivity index (χ3v) is 2.68. The number of aryl methyl sites for hydroxylation is 1. The van der Waals surface area contributed by atoms with Gasteiger partial charge in [0, 0.05) is 13.1 Å². The Morgan fingerprint density at radius 2 is 2.39 bits per heavy atom. The van der Waals surface area contributed by atoms with Gasteiger partial charge in [0.1, 0.15) is 5.02 Å². The monoisotopic (exact) mass is 271 g/mol. The third-order valence-electron chi connectivity index (χ3n) is 2.31. The third kappa shape index (κ3) is 4.16. The van der Waals surface area contributed by atoms with Gasteiger partial charge in [0.05, 0.1) is 25.1 Å². The number of hydrogen-bond donors (Lipinski definition) is 1. The molecule has 0 aliphatic heterocycles. The highest BCUT2D eigenvalue weighted by molar-refractivity contribution is 6.32. The number of rotatable bonds is 8. The lowest BCUT2D eigenvalue weighted by Gasteiger charge is -2.09. The maximum absolute atomic E-state index is 11.7. The minimum absolute atomic E-state index is 0.165. The predicted octanol–water partition coefficient (Wildman–Crippen LogP) is 1.92. The van der Waals surface area contributed by atoms with Crippen LogP contribution in [0.2, 0.25) is 5.02 Å². The number of hydrogen-bond acceptors (Lipinski definition) is 4. The zero-order valence-electron chi connectivity index (χ0n) is 10.5. The number of ether oxygens (including phenoxy) is 1. The molecular formula is C12H18ClN3O2. The second-order valence-electron chi connectivity index (χ2n) is 3.61. The molecule has 5 nitrogen and oxygen atoms in total. The average Bonchev–Trinajstić information content (AvgIpc) is 2.38. The molecule has 0 atom stereocenters. The summed E-state index contributed by atoms with van der Waals surface area (Å²) in [6, 6.07) is 0. The molecule has 1 rings (SSSR count). The minimum Gasteiger partial charge on any atom is -0.380 e. The summed E-state index contributed by atoms with van der Waals surface area (Å²) in [5.74, 6) is 0. The van der Waals surface area contributed by atoms with E-state index in [1.807, 2.05) is 6.92 Å². The Balaban J connectivity index is 2.46. The molecule has 1 aromatic rings. The second kappa shape index (κ2) is 7.89. The van der Waals surface area contributed by atoms with Gasteiger partial charge in [0.2, 0.25) is 0 Å². The van der Waals surface area contributed by atoms with E-state index in [0.717, 1.165) is 6.42 Å². The van der Waals surface area contributed by atoms with Gasteiger partial charge in [-0.25, -0.2) is 4.68 Å². The number of nitrogens with zero attached hydrogens (tertiary/aromatic N) is 2. The first-order chi connectivity index (χ1) is 8.70. The van der Waals surface area contributed by atoms with Crippen molar-refractivity contribution in [2.75, 3.05) is 25.1 Å². The molecule has 100 valence electrons. The highest BCUT2D eigenvalue weighted by Crippen LogP contribution is 2.14. The Bertz CT molecular complexity index is 445. The van der Waals surface area contributed by atoms with Crippen molar-refractivity contribution in [2.45, 2.75) is 19.9 Å². The van der Waals surface area contributed by atoms with E-state index in [9.17, 15) is 4.79 Å². The van der Waals surface area contributed by atoms with Crippen molar-refractivity contribution < 1.29 is 4.74 Å². The zero-order chi connectivity index (χ0) is 13.4. The van der Waals surface area contributed by atoms with E-state index in [-0.39, 0.29) is 10.6 Å². The van der Waals surface area contributed by atoms with Crippen LogP contribution < -0.4 is 10.9 Å². The van der Waals surface area contributed by atoms with E-state index >= 15 is 0 Å². The SMILES string of the molecule is C=CCCOCCNc1cnn(CC)c(=O)c1Cl. The van der Waals surface area contributed by atoms with Gasteiger partial charge >= 0.3 is 0 Å². The Morgan fingerprint density at radius 1 is 1.61 bits per heavy atom. The Hall–Kier alpha value is -1.33. The maximum Gasteiger partial charge on any atom is 0.287 e. The molecule has 0 aliphatic carbocycles. The standard InChI is InChI=1S/C12H18ClN3O2/c1-3-5-7-18-8-6-14-10-9-15-16(4-2)12(17)11(10)13/h3,9,14H,1,4-8H2,2H3. The summed E-state index contributed by atoms with van der Waals surface area (Å²) in [6.45, 7) is 7.71. The van der Waals surface area contributed by atoms with Gasteiger partial charge in [0.25, 0.3) is 5.56 Å². The van der Waals surface area contributed by atoms with Gasteiger partial charge in [-0.3, -0.25) is 4.79 Å². The zero-order valence-corrected chi connectivity index (χ0v) is 11.2.